The van der Waals surface area contributed by atoms with Crippen molar-refractivity contribution in [3.05, 3.63) is 88.0 Å². The molecule has 0 unspecified atom stereocenters. The Morgan fingerprint density at radius 1 is 0.875 bits per heavy atom. The molecule has 0 aliphatic carbocycles. The SMILES string of the molecule is CCOP(=O)(Cc1ccc(Cn2c3ccccc3c3cc([N+](=O)[O-])ccc32)cc1)OCC. The van der Waals surface area contributed by atoms with Crippen molar-refractivity contribution in [2.24, 2.45) is 0 Å². The maximum absolute atomic E-state index is 12.8. The molecule has 0 aliphatic rings. The van der Waals surface area contributed by atoms with E-state index < -0.39 is 7.60 Å². The van der Waals surface area contributed by atoms with Crippen molar-refractivity contribution in [2.75, 3.05) is 13.2 Å². The zero-order chi connectivity index (χ0) is 22.7. The van der Waals surface area contributed by atoms with Gasteiger partial charge in [-0.3, -0.25) is 14.7 Å². The second-order valence-corrected chi connectivity index (χ2v) is 9.54. The molecule has 32 heavy (non-hydrogen) atoms. The summed E-state index contributed by atoms with van der Waals surface area (Å²) >= 11 is 0. The van der Waals surface area contributed by atoms with Crippen LogP contribution in [0.25, 0.3) is 21.8 Å². The van der Waals surface area contributed by atoms with Gasteiger partial charge >= 0.3 is 7.60 Å². The second kappa shape index (κ2) is 9.25. The summed E-state index contributed by atoms with van der Waals surface area (Å²) in [5.74, 6) is 0. The lowest BCUT2D eigenvalue weighted by Gasteiger charge is -2.17. The van der Waals surface area contributed by atoms with Gasteiger partial charge in [-0.2, -0.15) is 0 Å². The van der Waals surface area contributed by atoms with E-state index >= 15 is 0 Å². The van der Waals surface area contributed by atoms with Gasteiger partial charge in [0.1, 0.15) is 0 Å². The van der Waals surface area contributed by atoms with Crippen molar-refractivity contribution in [1.82, 2.24) is 4.57 Å². The van der Waals surface area contributed by atoms with E-state index in [2.05, 4.69) is 4.57 Å². The minimum absolute atomic E-state index is 0.0813. The molecule has 0 atom stereocenters. The number of non-ortho nitro benzene ring substituents is 1. The van der Waals surface area contributed by atoms with E-state index in [0.29, 0.717) is 19.8 Å². The number of rotatable bonds is 9. The number of para-hydroxylation sites is 1. The highest BCUT2D eigenvalue weighted by molar-refractivity contribution is 7.53. The number of fused-ring (bicyclic) bond motifs is 3. The summed E-state index contributed by atoms with van der Waals surface area (Å²) in [5.41, 5.74) is 3.99. The molecule has 4 aromatic rings. The average molecular weight is 452 g/mol. The summed E-state index contributed by atoms with van der Waals surface area (Å²) in [6.07, 6.45) is 0.230. The highest BCUT2D eigenvalue weighted by Crippen LogP contribution is 2.51. The number of nitrogens with zero attached hydrogens (tertiary/aromatic N) is 2. The zero-order valence-corrected chi connectivity index (χ0v) is 19.0. The van der Waals surface area contributed by atoms with Crippen LogP contribution < -0.4 is 0 Å². The molecule has 0 spiro atoms. The third-order valence-corrected chi connectivity index (χ3v) is 7.41. The normalized spacial score (nSPS) is 11.9. The van der Waals surface area contributed by atoms with Gasteiger partial charge in [0, 0.05) is 40.5 Å². The van der Waals surface area contributed by atoms with E-state index in [1.165, 1.54) is 0 Å². The van der Waals surface area contributed by atoms with Crippen molar-refractivity contribution < 1.29 is 18.5 Å². The topological polar surface area (TPSA) is 83.6 Å². The largest absolute Gasteiger partial charge is 0.336 e. The van der Waals surface area contributed by atoms with Crippen LogP contribution in [0.1, 0.15) is 25.0 Å². The summed E-state index contributed by atoms with van der Waals surface area (Å²) in [6, 6.07) is 20.8. The highest BCUT2D eigenvalue weighted by Gasteiger charge is 2.24. The van der Waals surface area contributed by atoms with Crippen molar-refractivity contribution in [3.63, 3.8) is 0 Å². The molecule has 3 aromatic carbocycles. The summed E-state index contributed by atoms with van der Waals surface area (Å²) in [6.45, 7) is 4.88. The number of nitro benzene ring substituents is 1. The number of aromatic nitrogens is 1. The molecule has 0 aliphatic heterocycles. The monoisotopic (exact) mass is 452 g/mol. The molecule has 1 aromatic heterocycles. The summed E-state index contributed by atoms with van der Waals surface area (Å²) in [7, 11) is -3.15. The Labute approximate surface area is 186 Å². The van der Waals surface area contributed by atoms with E-state index in [9.17, 15) is 14.7 Å². The van der Waals surface area contributed by atoms with Gasteiger partial charge in [-0.25, -0.2) is 0 Å². The maximum Gasteiger partial charge on any atom is 0.335 e. The van der Waals surface area contributed by atoms with Crippen LogP contribution in [-0.2, 0) is 26.3 Å². The number of hydrogen-bond acceptors (Lipinski definition) is 5. The standard InChI is InChI=1S/C24H25N2O5P/c1-3-30-32(29,31-4-2)17-19-11-9-18(10-12-19)16-25-23-8-6-5-7-21(23)22-15-20(26(27)28)13-14-24(22)25/h5-15H,3-4,16-17H2,1-2H3. The van der Waals surface area contributed by atoms with Crippen molar-refractivity contribution in [2.45, 2.75) is 26.6 Å². The first kappa shape index (κ1) is 22.2. The van der Waals surface area contributed by atoms with E-state index in [0.717, 1.165) is 32.9 Å². The average Bonchev–Trinajstić information content (AvgIpc) is 3.08. The summed E-state index contributed by atoms with van der Waals surface area (Å²) < 4.78 is 25.7. The predicted molar refractivity (Wildman–Crippen MR) is 126 cm³/mol. The molecular formula is C24H25N2O5P. The molecule has 0 radical (unpaired) electrons. The lowest BCUT2D eigenvalue weighted by molar-refractivity contribution is -0.384. The van der Waals surface area contributed by atoms with E-state index in [-0.39, 0.29) is 16.8 Å². The van der Waals surface area contributed by atoms with Crippen LogP contribution in [-0.4, -0.2) is 22.7 Å². The fourth-order valence-electron chi connectivity index (χ4n) is 4.00. The molecule has 0 bridgehead atoms. The van der Waals surface area contributed by atoms with Crippen LogP contribution in [0.5, 0.6) is 0 Å². The molecule has 7 nitrogen and oxygen atoms in total. The van der Waals surface area contributed by atoms with E-state index in [1.54, 1.807) is 26.0 Å². The smallest absolute Gasteiger partial charge is 0.335 e. The molecule has 0 fully saturated rings. The van der Waals surface area contributed by atoms with Gasteiger partial charge in [-0.15, -0.1) is 0 Å². The fraction of sp³-hybridized carbons (Fsp3) is 0.250. The van der Waals surface area contributed by atoms with Crippen LogP contribution in [0, 0.1) is 10.1 Å². The van der Waals surface area contributed by atoms with Gasteiger partial charge in [-0.1, -0.05) is 42.5 Å². The second-order valence-electron chi connectivity index (χ2n) is 7.48. The predicted octanol–water partition coefficient (Wildman–Crippen LogP) is 6.52. The van der Waals surface area contributed by atoms with Gasteiger partial charge < -0.3 is 13.6 Å². The molecular weight excluding hydrogens is 427 g/mol. The van der Waals surface area contributed by atoms with Crippen LogP contribution >= 0.6 is 7.60 Å². The minimum atomic E-state index is -3.15. The van der Waals surface area contributed by atoms with Crippen molar-refractivity contribution >= 4 is 35.1 Å². The number of nitro groups is 1. The molecule has 0 saturated heterocycles. The van der Waals surface area contributed by atoms with Crippen LogP contribution in [0.2, 0.25) is 0 Å². The van der Waals surface area contributed by atoms with Gasteiger partial charge in [0.25, 0.3) is 5.69 Å². The van der Waals surface area contributed by atoms with Gasteiger partial charge in [0.15, 0.2) is 0 Å². The van der Waals surface area contributed by atoms with Crippen LogP contribution in [0.4, 0.5) is 5.69 Å². The Morgan fingerprint density at radius 2 is 1.50 bits per heavy atom. The lowest BCUT2D eigenvalue weighted by atomic mass is 10.1. The molecule has 1 heterocycles. The quantitative estimate of drug-likeness (QED) is 0.164. The summed E-state index contributed by atoms with van der Waals surface area (Å²) in [5, 5.41) is 13.1. The first-order chi connectivity index (χ1) is 15.4. The first-order valence-corrected chi connectivity index (χ1v) is 12.3. The third-order valence-electron chi connectivity index (χ3n) is 5.36. The Balaban J connectivity index is 1.66. The van der Waals surface area contributed by atoms with Gasteiger partial charge in [-0.05, 0) is 37.1 Å². The number of hydrogen-bond donors (Lipinski definition) is 0. The van der Waals surface area contributed by atoms with Gasteiger partial charge in [0.2, 0.25) is 0 Å². The molecule has 0 N–H and O–H groups in total. The minimum Gasteiger partial charge on any atom is -0.336 e. The molecule has 4 rings (SSSR count). The molecule has 8 heteroatoms. The van der Waals surface area contributed by atoms with Crippen LogP contribution in [0.3, 0.4) is 0 Å². The fourth-order valence-corrected chi connectivity index (χ4v) is 5.71. The molecule has 166 valence electrons. The maximum atomic E-state index is 12.8. The first-order valence-electron chi connectivity index (χ1n) is 10.6. The third kappa shape index (κ3) is 4.46. The highest BCUT2D eigenvalue weighted by atomic mass is 31.2. The Bertz CT molecular complexity index is 1300. The van der Waals surface area contributed by atoms with Crippen molar-refractivity contribution in [1.29, 1.82) is 0 Å². The zero-order valence-electron chi connectivity index (χ0n) is 18.1. The van der Waals surface area contributed by atoms with Gasteiger partial charge in [0.05, 0.1) is 24.3 Å². The lowest BCUT2D eigenvalue weighted by Crippen LogP contribution is -2.01. The van der Waals surface area contributed by atoms with E-state index in [1.807, 2.05) is 54.6 Å². The van der Waals surface area contributed by atoms with Crippen LogP contribution in [0.15, 0.2) is 66.7 Å². The molecule has 0 amide bonds. The molecule has 0 saturated carbocycles. The Hall–Kier alpha value is -2.99. The summed E-state index contributed by atoms with van der Waals surface area (Å²) in [4.78, 5) is 10.9. The van der Waals surface area contributed by atoms with E-state index in [4.69, 9.17) is 9.05 Å². The number of benzene rings is 3. The Kier molecular flexibility index (Phi) is 6.42. The Morgan fingerprint density at radius 3 is 2.16 bits per heavy atom. The van der Waals surface area contributed by atoms with Crippen molar-refractivity contribution in [3.8, 4) is 0 Å².